The molecule has 1 atom stereocenters. The number of nitro groups is 1. The molecule has 0 saturated carbocycles. The number of benzene rings is 2. The van der Waals surface area contributed by atoms with E-state index in [2.05, 4.69) is 39.3 Å². The molecule has 2 aromatic carbocycles. The summed E-state index contributed by atoms with van der Waals surface area (Å²) >= 11 is 0. The fraction of sp³-hybridized carbons (Fsp3) is 0.179. The average Bonchev–Trinajstić information content (AvgIpc) is 3.23. The highest BCUT2D eigenvalue weighted by Gasteiger charge is 2.15. The van der Waals surface area contributed by atoms with Crippen LogP contribution in [0.25, 0.3) is 33.4 Å². The Hall–Kier alpha value is -4.59. The van der Waals surface area contributed by atoms with Crippen molar-refractivity contribution in [1.82, 2.24) is 15.0 Å². The molecule has 0 spiro atoms. The number of pyridine rings is 1. The first-order valence-electron chi connectivity index (χ1n) is 11.6. The first-order valence-corrected chi connectivity index (χ1v) is 11.6. The minimum atomic E-state index is -0.464. The monoisotopic (exact) mass is 479 g/mol. The predicted octanol–water partition coefficient (Wildman–Crippen LogP) is 6.96. The molecule has 180 valence electrons. The standard InChI is InChI=1S/C28H25N5O3/c1-16-10-23(14-29-28(16)33(34)35)21-7-5-6-20(11-21)18(3)30-27-13-25(31-19(4)32-27)22-8-9-26-24(12-22)17(2)15-36-26/h5-15,18H,1-4H3,(H,30,31,32)/t18-/m0/s1. The number of aryl methyl sites for hydroxylation is 3. The molecule has 5 rings (SSSR count). The van der Waals surface area contributed by atoms with Gasteiger partial charge < -0.3 is 19.8 Å². The van der Waals surface area contributed by atoms with Gasteiger partial charge in [-0.3, -0.25) is 0 Å². The fourth-order valence-electron chi connectivity index (χ4n) is 4.31. The van der Waals surface area contributed by atoms with Crippen molar-refractivity contribution in [3.63, 3.8) is 0 Å². The largest absolute Gasteiger partial charge is 0.464 e. The number of nitrogens with one attached hydrogen (secondary N) is 1. The zero-order valence-electron chi connectivity index (χ0n) is 20.4. The Kier molecular flexibility index (Phi) is 5.93. The number of hydrogen-bond acceptors (Lipinski definition) is 7. The van der Waals surface area contributed by atoms with Gasteiger partial charge in [0.1, 0.15) is 23.4 Å². The van der Waals surface area contributed by atoms with Crippen molar-refractivity contribution in [2.24, 2.45) is 0 Å². The third kappa shape index (κ3) is 4.53. The topological polar surface area (TPSA) is 107 Å². The van der Waals surface area contributed by atoms with Gasteiger partial charge in [0.05, 0.1) is 12.0 Å². The molecule has 0 aliphatic heterocycles. The van der Waals surface area contributed by atoms with Crippen LogP contribution in [0.5, 0.6) is 0 Å². The number of nitrogens with zero attached hydrogens (tertiary/aromatic N) is 4. The first-order chi connectivity index (χ1) is 17.3. The summed E-state index contributed by atoms with van der Waals surface area (Å²) in [5.41, 5.74) is 7.12. The van der Waals surface area contributed by atoms with Crippen molar-refractivity contribution in [2.45, 2.75) is 33.7 Å². The van der Waals surface area contributed by atoms with Crippen LogP contribution in [0.15, 0.2) is 71.5 Å². The molecular formula is C28H25N5O3. The lowest BCUT2D eigenvalue weighted by atomic mass is 10.00. The van der Waals surface area contributed by atoms with Crippen molar-refractivity contribution >= 4 is 22.6 Å². The lowest BCUT2D eigenvalue weighted by Crippen LogP contribution is -2.09. The van der Waals surface area contributed by atoms with Crippen LogP contribution in [-0.4, -0.2) is 19.9 Å². The normalized spacial score (nSPS) is 12.0. The molecule has 0 aliphatic carbocycles. The van der Waals surface area contributed by atoms with E-state index in [0.717, 1.165) is 50.3 Å². The second-order valence-corrected chi connectivity index (χ2v) is 8.93. The van der Waals surface area contributed by atoms with Crippen molar-refractivity contribution < 1.29 is 9.34 Å². The summed E-state index contributed by atoms with van der Waals surface area (Å²) in [5, 5.41) is 15.7. The summed E-state index contributed by atoms with van der Waals surface area (Å²) in [5.74, 6) is 1.28. The first kappa shape index (κ1) is 23.2. The quantitative estimate of drug-likeness (QED) is 0.207. The smallest absolute Gasteiger partial charge is 0.366 e. The third-order valence-corrected chi connectivity index (χ3v) is 6.21. The van der Waals surface area contributed by atoms with Crippen LogP contribution in [0.3, 0.4) is 0 Å². The van der Waals surface area contributed by atoms with Gasteiger partial charge in [0.2, 0.25) is 0 Å². The van der Waals surface area contributed by atoms with Gasteiger partial charge in [-0.2, -0.15) is 0 Å². The highest BCUT2D eigenvalue weighted by atomic mass is 16.6. The molecule has 0 aliphatic rings. The molecule has 3 aromatic heterocycles. The van der Waals surface area contributed by atoms with Gasteiger partial charge >= 0.3 is 5.82 Å². The summed E-state index contributed by atoms with van der Waals surface area (Å²) in [6.45, 7) is 7.67. The van der Waals surface area contributed by atoms with Crippen molar-refractivity contribution in [3.05, 3.63) is 99.7 Å². The molecular weight excluding hydrogens is 454 g/mol. The van der Waals surface area contributed by atoms with Gasteiger partial charge in [-0.25, -0.2) is 9.97 Å². The molecule has 0 saturated heterocycles. The van der Waals surface area contributed by atoms with Crippen LogP contribution in [0.2, 0.25) is 0 Å². The summed E-state index contributed by atoms with van der Waals surface area (Å²) in [7, 11) is 0. The summed E-state index contributed by atoms with van der Waals surface area (Å²) in [6.07, 6.45) is 3.30. The van der Waals surface area contributed by atoms with Crippen LogP contribution < -0.4 is 5.32 Å². The van der Waals surface area contributed by atoms with Crippen molar-refractivity contribution in [1.29, 1.82) is 0 Å². The fourth-order valence-corrected chi connectivity index (χ4v) is 4.31. The van der Waals surface area contributed by atoms with E-state index < -0.39 is 4.92 Å². The highest BCUT2D eigenvalue weighted by molar-refractivity contribution is 5.85. The Morgan fingerprint density at radius 3 is 2.56 bits per heavy atom. The Bertz CT molecular complexity index is 1610. The average molecular weight is 480 g/mol. The summed E-state index contributed by atoms with van der Waals surface area (Å²) in [4.78, 5) is 23.9. The molecule has 0 radical (unpaired) electrons. The minimum absolute atomic E-state index is 0.0437. The van der Waals surface area contributed by atoms with E-state index >= 15 is 0 Å². The SMILES string of the molecule is Cc1nc(N[C@@H](C)c2cccc(-c3cnc([N+](=O)[O-])c(C)c3)c2)cc(-c2ccc3occ(C)c3c2)n1. The molecule has 0 unspecified atom stereocenters. The molecule has 8 heteroatoms. The van der Waals surface area contributed by atoms with E-state index in [1.165, 1.54) is 0 Å². The van der Waals surface area contributed by atoms with E-state index in [1.54, 1.807) is 25.5 Å². The molecule has 1 N–H and O–H groups in total. The second-order valence-electron chi connectivity index (χ2n) is 8.93. The maximum atomic E-state index is 11.1. The molecule has 0 bridgehead atoms. The minimum Gasteiger partial charge on any atom is -0.464 e. The number of furan rings is 1. The zero-order chi connectivity index (χ0) is 25.4. The van der Waals surface area contributed by atoms with Gasteiger partial charge in [0.15, 0.2) is 0 Å². The van der Waals surface area contributed by atoms with Gasteiger partial charge in [0.25, 0.3) is 0 Å². The third-order valence-electron chi connectivity index (χ3n) is 6.21. The van der Waals surface area contributed by atoms with Crippen LogP contribution in [-0.2, 0) is 0 Å². The molecule has 3 heterocycles. The zero-order valence-corrected chi connectivity index (χ0v) is 20.4. The van der Waals surface area contributed by atoms with Crippen LogP contribution in [0.1, 0.15) is 35.5 Å². The van der Waals surface area contributed by atoms with Gasteiger partial charge in [-0.1, -0.05) is 18.2 Å². The molecule has 0 fully saturated rings. The maximum Gasteiger partial charge on any atom is 0.366 e. The number of aromatic nitrogens is 3. The van der Waals surface area contributed by atoms with Crippen LogP contribution in [0, 0.1) is 30.9 Å². The predicted molar refractivity (Wildman–Crippen MR) is 140 cm³/mol. The highest BCUT2D eigenvalue weighted by Crippen LogP contribution is 2.30. The van der Waals surface area contributed by atoms with E-state index in [1.807, 2.05) is 50.2 Å². The Balaban J connectivity index is 1.41. The van der Waals surface area contributed by atoms with Gasteiger partial charge in [-0.15, -0.1) is 0 Å². The van der Waals surface area contributed by atoms with E-state index in [9.17, 15) is 10.1 Å². The molecule has 5 aromatic rings. The van der Waals surface area contributed by atoms with E-state index in [-0.39, 0.29) is 11.9 Å². The second kappa shape index (κ2) is 9.22. The number of anilines is 1. The van der Waals surface area contributed by atoms with E-state index in [4.69, 9.17) is 4.42 Å². The molecule has 8 nitrogen and oxygen atoms in total. The molecule has 0 amide bonds. The van der Waals surface area contributed by atoms with Crippen LogP contribution in [0.4, 0.5) is 11.6 Å². The summed E-state index contributed by atoms with van der Waals surface area (Å²) in [6, 6.07) is 17.8. The lowest BCUT2D eigenvalue weighted by molar-refractivity contribution is -0.390. The Morgan fingerprint density at radius 2 is 1.78 bits per heavy atom. The number of rotatable bonds is 6. The maximum absolute atomic E-state index is 11.1. The Labute approximate surface area is 208 Å². The lowest BCUT2D eigenvalue weighted by Gasteiger charge is -2.17. The number of hydrogen-bond donors (Lipinski definition) is 1. The van der Waals surface area contributed by atoms with Gasteiger partial charge in [-0.05, 0) is 84.6 Å². The number of fused-ring (bicyclic) bond motifs is 1. The van der Waals surface area contributed by atoms with Crippen molar-refractivity contribution in [2.75, 3.05) is 5.32 Å². The Morgan fingerprint density at radius 1 is 0.944 bits per heavy atom. The van der Waals surface area contributed by atoms with Crippen molar-refractivity contribution in [3.8, 4) is 22.4 Å². The van der Waals surface area contributed by atoms with Crippen LogP contribution >= 0.6 is 0 Å². The van der Waals surface area contributed by atoms with E-state index in [0.29, 0.717) is 11.4 Å². The van der Waals surface area contributed by atoms with Gasteiger partial charge in [0, 0.05) is 34.2 Å². The summed E-state index contributed by atoms with van der Waals surface area (Å²) < 4.78 is 5.57. The molecule has 36 heavy (non-hydrogen) atoms.